The lowest BCUT2D eigenvalue weighted by Gasteiger charge is -2.33. The molecule has 2 heterocycles. The van der Waals surface area contributed by atoms with Crippen molar-refractivity contribution in [2.24, 2.45) is 0 Å². The molecule has 0 radical (unpaired) electrons. The molecule has 124 valence electrons. The maximum atomic E-state index is 5.95. The first-order valence-corrected chi connectivity index (χ1v) is 9.38. The summed E-state index contributed by atoms with van der Waals surface area (Å²) in [6.45, 7) is 4.52. The zero-order chi connectivity index (χ0) is 16.5. The van der Waals surface area contributed by atoms with Gasteiger partial charge in [-0.25, -0.2) is 4.98 Å². The van der Waals surface area contributed by atoms with Crippen molar-refractivity contribution in [3.05, 3.63) is 52.5 Å². The standard InChI is InChI=1S/C20H21BrN2O/c1-14-6-4-5-11-23(14)13-15-9-10-19-18(12-15)22-20(24-19)16-7-2-3-8-17(16)21/h2-3,7-10,12,14H,4-6,11,13H2,1H3/t14-/m1/s1. The highest BCUT2D eigenvalue weighted by Gasteiger charge is 2.18. The van der Waals surface area contributed by atoms with Gasteiger partial charge >= 0.3 is 0 Å². The van der Waals surface area contributed by atoms with Gasteiger partial charge in [-0.05, 0) is 72.1 Å². The van der Waals surface area contributed by atoms with E-state index < -0.39 is 0 Å². The Morgan fingerprint density at radius 2 is 2.08 bits per heavy atom. The fraction of sp³-hybridized carbons (Fsp3) is 0.350. The van der Waals surface area contributed by atoms with Crippen LogP contribution in [0.5, 0.6) is 0 Å². The lowest BCUT2D eigenvalue weighted by atomic mass is 10.0. The van der Waals surface area contributed by atoms with Gasteiger partial charge in [0, 0.05) is 17.1 Å². The van der Waals surface area contributed by atoms with Gasteiger partial charge in [-0.3, -0.25) is 4.90 Å². The van der Waals surface area contributed by atoms with Gasteiger partial charge in [0.2, 0.25) is 5.89 Å². The van der Waals surface area contributed by atoms with Gasteiger partial charge in [-0.1, -0.05) is 24.6 Å². The molecule has 0 bridgehead atoms. The van der Waals surface area contributed by atoms with Gasteiger partial charge in [-0.2, -0.15) is 0 Å². The molecule has 0 N–H and O–H groups in total. The second-order valence-electron chi connectivity index (χ2n) is 6.62. The smallest absolute Gasteiger partial charge is 0.228 e. The molecule has 1 atom stereocenters. The number of likely N-dealkylation sites (tertiary alicyclic amines) is 1. The average Bonchev–Trinajstić information content (AvgIpc) is 3.00. The quantitative estimate of drug-likeness (QED) is 0.585. The SMILES string of the molecule is C[C@@H]1CCCCN1Cc1ccc2oc(-c3ccccc3Br)nc2c1. The Balaban J connectivity index is 1.63. The second kappa shape index (κ2) is 6.69. The minimum Gasteiger partial charge on any atom is -0.436 e. The van der Waals surface area contributed by atoms with Gasteiger partial charge in [0.25, 0.3) is 0 Å². The van der Waals surface area contributed by atoms with E-state index in [9.17, 15) is 0 Å². The first-order valence-electron chi connectivity index (χ1n) is 8.59. The maximum Gasteiger partial charge on any atom is 0.228 e. The molecule has 0 unspecified atom stereocenters. The summed E-state index contributed by atoms with van der Waals surface area (Å²) < 4.78 is 6.95. The first kappa shape index (κ1) is 15.9. The van der Waals surface area contributed by atoms with Crippen LogP contribution in [0.15, 0.2) is 51.4 Å². The van der Waals surface area contributed by atoms with Crippen molar-refractivity contribution in [1.82, 2.24) is 9.88 Å². The Morgan fingerprint density at radius 3 is 2.92 bits per heavy atom. The molecule has 24 heavy (non-hydrogen) atoms. The Bertz CT molecular complexity index is 858. The summed E-state index contributed by atoms with van der Waals surface area (Å²) >= 11 is 3.57. The summed E-state index contributed by atoms with van der Waals surface area (Å²) in [5.74, 6) is 0.668. The third kappa shape index (κ3) is 3.13. The predicted molar refractivity (Wildman–Crippen MR) is 101 cm³/mol. The third-order valence-corrected chi connectivity index (χ3v) is 5.57. The molecule has 3 nitrogen and oxygen atoms in total. The monoisotopic (exact) mass is 384 g/mol. The van der Waals surface area contributed by atoms with E-state index in [0.29, 0.717) is 11.9 Å². The molecule has 1 aliphatic heterocycles. The highest BCUT2D eigenvalue weighted by Crippen LogP contribution is 2.30. The number of rotatable bonds is 3. The van der Waals surface area contributed by atoms with Crippen LogP contribution in [0.1, 0.15) is 31.7 Å². The van der Waals surface area contributed by atoms with E-state index in [2.05, 4.69) is 39.9 Å². The molecule has 1 aliphatic rings. The summed E-state index contributed by atoms with van der Waals surface area (Å²) in [7, 11) is 0. The number of halogens is 1. The van der Waals surface area contributed by atoms with Crippen molar-refractivity contribution >= 4 is 27.0 Å². The Kier molecular flexibility index (Phi) is 4.42. The van der Waals surface area contributed by atoms with E-state index in [0.717, 1.165) is 27.7 Å². The number of piperidine rings is 1. The topological polar surface area (TPSA) is 29.3 Å². The van der Waals surface area contributed by atoms with Crippen LogP contribution in [-0.4, -0.2) is 22.5 Å². The summed E-state index contributed by atoms with van der Waals surface area (Å²) in [4.78, 5) is 7.27. The third-order valence-electron chi connectivity index (χ3n) is 4.88. The fourth-order valence-corrected chi connectivity index (χ4v) is 3.90. The van der Waals surface area contributed by atoms with E-state index in [1.807, 2.05) is 30.3 Å². The van der Waals surface area contributed by atoms with Crippen molar-refractivity contribution in [3.8, 4) is 11.5 Å². The van der Waals surface area contributed by atoms with Crippen molar-refractivity contribution < 1.29 is 4.42 Å². The molecule has 4 heteroatoms. The molecule has 4 rings (SSSR count). The summed E-state index contributed by atoms with van der Waals surface area (Å²) in [5, 5.41) is 0. The molecule has 1 aromatic heterocycles. The van der Waals surface area contributed by atoms with Crippen LogP contribution >= 0.6 is 15.9 Å². The van der Waals surface area contributed by atoms with Gasteiger partial charge in [0.05, 0.1) is 5.56 Å². The van der Waals surface area contributed by atoms with E-state index in [-0.39, 0.29) is 0 Å². The van der Waals surface area contributed by atoms with Crippen molar-refractivity contribution in [2.45, 2.75) is 38.8 Å². The fourth-order valence-electron chi connectivity index (χ4n) is 3.45. The number of fused-ring (bicyclic) bond motifs is 1. The minimum atomic E-state index is 0.668. The number of aromatic nitrogens is 1. The number of oxazole rings is 1. The molecule has 0 saturated carbocycles. The predicted octanol–water partition coefficient (Wildman–Crippen LogP) is 5.63. The van der Waals surface area contributed by atoms with Crippen molar-refractivity contribution in [3.63, 3.8) is 0 Å². The molecular weight excluding hydrogens is 364 g/mol. The van der Waals surface area contributed by atoms with Crippen LogP contribution in [0, 0.1) is 0 Å². The normalized spacial score (nSPS) is 19.0. The highest BCUT2D eigenvalue weighted by atomic mass is 79.9. The zero-order valence-corrected chi connectivity index (χ0v) is 15.4. The molecular formula is C20H21BrN2O. The Hall–Kier alpha value is -1.65. The number of nitrogens with zero attached hydrogens (tertiary/aromatic N) is 2. The van der Waals surface area contributed by atoms with Crippen LogP contribution in [0.2, 0.25) is 0 Å². The molecule has 0 aliphatic carbocycles. The maximum absolute atomic E-state index is 5.95. The Labute approximate surface area is 150 Å². The molecule has 1 fully saturated rings. The number of hydrogen-bond donors (Lipinski definition) is 0. The average molecular weight is 385 g/mol. The Morgan fingerprint density at radius 1 is 1.21 bits per heavy atom. The van der Waals surface area contributed by atoms with E-state index >= 15 is 0 Å². The van der Waals surface area contributed by atoms with Crippen LogP contribution < -0.4 is 0 Å². The molecule has 0 amide bonds. The van der Waals surface area contributed by atoms with Gasteiger partial charge < -0.3 is 4.42 Å². The van der Waals surface area contributed by atoms with Gasteiger partial charge in [-0.15, -0.1) is 0 Å². The zero-order valence-electron chi connectivity index (χ0n) is 13.8. The van der Waals surface area contributed by atoms with Crippen LogP contribution in [0.4, 0.5) is 0 Å². The minimum absolute atomic E-state index is 0.668. The largest absolute Gasteiger partial charge is 0.436 e. The second-order valence-corrected chi connectivity index (χ2v) is 7.47. The van der Waals surface area contributed by atoms with E-state index in [1.165, 1.54) is 31.4 Å². The van der Waals surface area contributed by atoms with Gasteiger partial charge in [0.15, 0.2) is 5.58 Å². The molecule has 1 saturated heterocycles. The van der Waals surface area contributed by atoms with Crippen LogP contribution in [-0.2, 0) is 6.54 Å². The van der Waals surface area contributed by atoms with Crippen LogP contribution in [0.3, 0.4) is 0 Å². The molecule has 2 aromatic carbocycles. The molecule has 3 aromatic rings. The summed E-state index contributed by atoms with van der Waals surface area (Å²) in [5.41, 5.74) is 4.07. The summed E-state index contributed by atoms with van der Waals surface area (Å²) in [6.07, 6.45) is 3.97. The lowest BCUT2D eigenvalue weighted by molar-refractivity contribution is 0.152. The lowest BCUT2D eigenvalue weighted by Crippen LogP contribution is -2.36. The van der Waals surface area contributed by atoms with Crippen LogP contribution in [0.25, 0.3) is 22.6 Å². The van der Waals surface area contributed by atoms with Crippen molar-refractivity contribution in [1.29, 1.82) is 0 Å². The highest BCUT2D eigenvalue weighted by molar-refractivity contribution is 9.10. The molecule has 0 spiro atoms. The number of benzene rings is 2. The first-order chi connectivity index (χ1) is 11.7. The van der Waals surface area contributed by atoms with Crippen molar-refractivity contribution in [2.75, 3.05) is 6.54 Å². The number of hydrogen-bond acceptors (Lipinski definition) is 3. The summed E-state index contributed by atoms with van der Waals surface area (Å²) in [6, 6.07) is 15.1. The van der Waals surface area contributed by atoms with E-state index in [1.54, 1.807) is 0 Å². The van der Waals surface area contributed by atoms with Gasteiger partial charge in [0.1, 0.15) is 5.52 Å². The van der Waals surface area contributed by atoms with E-state index in [4.69, 9.17) is 9.40 Å².